The van der Waals surface area contributed by atoms with Gasteiger partial charge < -0.3 is 9.64 Å². The summed E-state index contributed by atoms with van der Waals surface area (Å²) in [5, 5.41) is 0. The summed E-state index contributed by atoms with van der Waals surface area (Å²) in [4.78, 5) is 27.6. The first-order valence-corrected chi connectivity index (χ1v) is 6.64. The van der Waals surface area contributed by atoms with Gasteiger partial charge in [-0.05, 0) is 27.7 Å². The number of ether oxygens (including phenoxy) is 1. The maximum atomic E-state index is 12.3. The molecule has 1 heterocycles. The second-order valence-corrected chi connectivity index (χ2v) is 7.25. The summed E-state index contributed by atoms with van der Waals surface area (Å²) in [7, 11) is 1.74. The van der Waals surface area contributed by atoms with Crippen LogP contribution in [0.2, 0.25) is 0 Å². The van der Waals surface area contributed by atoms with Crippen molar-refractivity contribution >= 4 is 12.0 Å². The molecule has 5 heteroatoms. The Morgan fingerprint density at radius 3 is 2.00 bits per heavy atom. The average Bonchev–Trinajstić information content (AvgIpc) is 2.39. The van der Waals surface area contributed by atoms with Gasteiger partial charge in [0.15, 0.2) is 0 Å². The summed E-state index contributed by atoms with van der Waals surface area (Å²) in [5.41, 5.74) is -0.796. The molecule has 5 nitrogen and oxygen atoms in total. The Balaban J connectivity index is 3.08. The first-order valence-electron chi connectivity index (χ1n) is 6.64. The first-order chi connectivity index (χ1) is 8.36. The van der Waals surface area contributed by atoms with Crippen molar-refractivity contribution in [2.75, 3.05) is 7.05 Å². The minimum Gasteiger partial charge on any atom is -0.444 e. The second-order valence-electron chi connectivity index (χ2n) is 7.25. The molecule has 2 amide bonds. The molecule has 1 aliphatic heterocycles. The number of nitrogens with zero attached hydrogens (tertiary/aromatic N) is 2. The van der Waals surface area contributed by atoms with Crippen molar-refractivity contribution in [1.82, 2.24) is 9.80 Å². The summed E-state index contributed by atoms with van der Waals surface area (Å²) in [6, 6.07) is -0.482. The van der Waals surface area contributed by atoms with Gasteiger partial charge in [0.2, 0.25) is 5.91 Å². The van der Waals surface area contributed by atoms with E-state index in [-0.39, 0.29) is 17.5 Å². The third-order valence-electron chi connectivity index (χ3n) is 3.13. The molecule has 0 N–H and O–H groups in total. The first kappa shape index (κ1) is 15.8. The smallest absolute Gasteiger partial charge is 0.412 e. The van der Waals surface area contributed by atoms with Crippen molar-refractivity contribution in [1.29, 1.82) is 0 Å². The van der Waals surface area contributed by atoms with Gasteiger partial charge in [0.05, 0.1) is 0 Å². The van der Waals surface area contributed by atoms with E-state index in [0.717, 1.165) is 0 Å². The van der Waals surface area contributed by atoms with Gasteiger partial charge in [-0.2, -0.15) is 0 Å². The highest BCUT2D eigenvalue weighted by molar-refractivity contribution is 5.89. The fourth-order valence-electron chi connectivity index (χ4n) is 2.50. The quantitative estimate of drug-likeness (QED) is 0.678. The van der Waals surface area contributed by atoms with Crippen molar-refractivity contribution < 1.29 is 14.3 Å². The molecular weight excluding hydrogens is 243 g/mol. The molecule has 1 fully saturated rings. The zero-order chi connectivity index (χ0) is 15.2. The van der Waals surface area contributed by atoms with Gasteiger partial charge in [-0.3, -0.25) is 9.69 Å². The van der Waals surface area contributed by atoms with E-state index in [9.17, 15) is 9.59 Å². The molecule has 2 atom stereocenters. The fraction of sp³-hybridized carbons (Fsp3) is 0.857. The van der Waals surface area contributed by atoms with Crippen LogP contribution in [0.4, 0.5) is 4.79 Å². The van der Waals surface area contributed by atoms with Gasteiger partial charge in [0.1, 0.15) is 17.8 Å². The third-order valence-corrected chi connectivity index (χ3v) is 3.13. The van der Waals surface area contributed by atoms with Crippen LogP contribution in [0.1, 0.15) is 48.5 Å². The highest BCUT2D eigenvalue weighted by atomic mass is 16.6. The zero-order valence-electron chi connectivity index (χ0n) is 13.3. The predicted octanol–water partition coefficient (Wildman–Crippen LogP) is 2.46. The lowest BCUT2D eigenvalue weighted by atomic mass is 9.91. The molecule has 0 aromatic rings. The van der Waals surface area contributed by atoms with Gasteiger partial charge in [-0.1, -0.05) is 20.8 Å². The minimum absolute atomic E-state index is 0.0502. The molecule has 19 heavy (non-hydrogen) atoms. The molecule has 0 aliphatic carbocycles. The van der Waals surface area contributed by atoms with Crippen molar-refractivity contribution in [3.05, 3.63) is 0 Å². The Morgan fingerprint density at radius 1 is 1.16 bits per heavy atom. The summed E-state index contributed by atoms with van der Waals surface area (Å²) in [5.74, 6) is -0.0502. The molecule has 1 rings (SSSR count). The number of hydrogen-bond acceptors (Lipinski definition) is 3. The maximum absolute atomic E-state index is 12.3. The average molecular weight is 269 g/mol. The Labute approximate surface area is 115 Å². The topological polar surface area (TPSA) is 49.9 Å². The third kappa shape index (κ3) is 3.19. The molecule has 0 unspecified atom stereocenters. The van der Waals surface area contributed by atoms with E-state index in [1.807, 2.05) is 41.5 Å². The standard InChI is InChI=1S/C14H26N2O3/c1-9-10(17)15(8)11(13(2,3)4)16(9)12(18)19-14(5,6)7/h9,11H,1-8H3/t9-,11-/m0/s1/i1-1. The number of amides is 2. The molecular formula is C14H26N2O3. The van der Waals surface area contributed by atoms with Gasteiger partial charge >= 0.3 is 6.09 Å². The number of rotatable bonds is 0. The molecule has 0 spiro atoms. The van der Waals surface area contributed by atoms with Crippen LogP contribution in [-0.4, -0.2) is 46.7 Å². The molecule has 0 aromatic carbocycles. The van der Waals surface area contributed by atoms with E-state index in [1.54, 1.807) is 23.8 Å². The summed E-state index contributed by atoms with van der Waals surface area (Å²) in [6.45, 7) is 13.2. The van der Waals surface area contributed by atoms with Gasteiger partial charge in [0.25, 0.3) is 0 Å². The lowest BCUT2D eigenvalue weighted by Crippen LogP contribution is -2.51. The van der Waals surface area contributed by atoms with Crippen molar-refractivity contribution in [3.63, 3.8) is 0 Å². The van der Waals surface area contributed by atoms with Crippen LogP contribution in [0.15, 0.2) is 0 Å². The highest BCUT2D eigenvalue weighted by Crippen LogP contribution is 2.34. The summed E-state index contributed by atoms with van der Waals surface area (Å²) in [6.07, 6.45) is -0.720. The molecule has 110 valence electrons. The Bertz CT molecular complexity index is 379. The van der Waals surface area contributed by atoms with Crippen LogP contribution >= 0.6 is 0 Å². The second kappa shape index (κ2) is 4.69. The molecule has 1 saturated heterocycles. The number of likely N-dealkylation sites (N-methyl/N-ethyl adjacent to an activating group) is 1. The molecule has 0 saturated carbocycles. The Kier molecular flexibility index (Phi) is 3.90. The lowest BCUT2D eigenvalue weighted by Gasteiger charge is -2.39. The van der Waals surface area contributed by atoms with Crippen LogP contribution in [0.25, 0.3) is 0 Å². The lowest BCUT2D eigenvalue weighted by molar-refractivity contribution is -0.129. The number of carbonyl (C=O) groups is 2. The minimum atomic E-state index is -0.566. The van der Waals surface area contributed by atoms with Crippen LogP contribution in [-0.2, 0) is 9.53 Å². The van der Waals surface area contributed by atoms with Crippen molar-refractivity contribution in [2.45, 2.75) is 66.3 Å². The van der Waals surface area contributed by atoms with E-state index in [2.05, 4.69) is 0 Å². The highest BCUT2D eigenvalue weighted by Gasteiger charge is 2.50. The predicted molar refractivity (Wildman–Crippen MR) is 73.5 cm³/mol. The Morgan fingerprint density at radius 2 is 1.63 bits per heavy atom. The summed E-state index contributed by atoms with van der Waals surface area (Å²) >= 11 is 0. The van der Waals surface area contributed by atoms with Crippen molar-refractivity contribution in [3.8, 4) is 0 Å². The van der Waals surface area contributed by atoms with E-state index >= 15 is 0 Å². The number of carbonyl (C=O) groups excluding carboxylic acids is 2. The van der Waals surface area contributed by atoms with Crippen LogP contribution in [0.3, 0.4) is 0 Å². The van der Waals surface area contributed by atoms with Crippen molar-refractivity contribution in [2.24, 2.45) is 5.41 Å². The zero-order valence-corrected chi connectivity index (χ0v) is 13.3. The largest absolute Gasteiger partial charge is 0.444 e. The van der Waals surface area contributed by atoms with E-state index in [4.69, 9.17) is 4.74 Å². The Hall–Kier alpha value is -1.26. The summed E-state index contributed by atoms with van der Waals surface area (Å²) < 4.78 is 5.42. The monoisotopic (exact) mass is 269 g/mol. The van der Waals surface area contributed by atoms with E-state index < -0.39 is 17.7 Å². The van der Waals surface area contributed by atoms with Gasteiger partial charge in [0, 0.05) is 12.5 Å². The van der Waals surface area contributed by atoms with E-state index in [0.29, 0.717) is 0 Å². The van der Waals surface area contributed by atoms with Gasteiger partial charge in [-0.25, -0.2) is 4.79 Å². The molecule has 0 aromatic heterocycles. The number of hydrogen-bond donors (Lipinski definition) is 0. The van der Waals surface area contributed by atoms with Crippen LogP contribution in [0, 0.1) is 5.41 Å². The van der Waals surface area contributed by atoms with E-state index in [1.165, 1.54) is 0 Å². The van der Waals surface area contributed by atoms with Crippen LogP contribution in [0.5, 0.6) is 0 Å². The fourth-order valence-corrected chi connectivity index (χ4v) is 2.50. The normalized spacial score (nSPS) is 24.9. The molecule has 1 aliphatic rings. The molecule has 0 radical (unpaired) electrons. The SMILES string of the molecule is CN1C(=O)[C@H]([11CH3])N(C(=O)OC(C)(C)C)[C@H]1C(C)(C)C. The maximum Gasteiger partial charge on any atom is 0.412 e. The molecule has 0 bridgehead atoms. The van der Waals surface area contributed by atoms with Crippen LogP contribution < -0.4 is 0 Å². The van der Waals surface area contributed by atoms with Gasteiger partial charge in [-0.15, -0.1) is 0 Å².